The van der Waals surface area contributed by atoms with Crippen molar-refractivity contribution in [2.24, 2.45) is 0 Å². The molecule has 1 aromatic rings. The first-order valence-corrected chi connectivity index (χ1v) is 6.94. The predicted molar refractivity (Wildman–Crippen MR) is 77.9 cm³/mol. The zero-order chi connectivity index (χ0) is 15.6. The van der Waals surface area contributed by atoms with E-state index in [1.807, 2.05) is 0 Å². The lowest BCUT2D eigenvalue weighted by Crippen LogP contribution is -2.34. The average Bonchev–Trinajstić information content (AvgIpc) is 2.77. The maximum atomic E-state index is 11.9. The minimum atomic E-state index is -1.26. The molecular formula is C13H12Cl2N2O4. The molecule has 0 aliphatic carbocycles. The van der Waals surface area contributed by atoms with Gasteiger partial charge in [-0.3, -0.25) is 9.59 Å². The van der Waals surface area contributed by atoms with Crippen LogP contribution in [0.2, 0.25) is 10.0 Å². The third-order valence-electron chi connectivity index (χ3n) is 3.06. The minimum absolute atomic E-state index is 0.0230. The van der Waals surface area contributed by atoms with E-state index in [-0.39, 0.29) is 33.7 Å². The number of hydrogen-bond acceptors (Lipinski definition) is 3. The van der Waals surface area contributed by atoms with Crippen molar-refractivity contribution in [3.8, 4) is 0 Å². The summed E-state index contributed by atoms with van der Waals surface area (Å²) >= 11 is 11.7. The number of nitrogens with zero attached hydrogens (tertiary/aromatic N) is 1. The number of carbonyl (C=O) groups is 3. The largest absolute Gasteiger partial charge is 0.478 e. The Hall–Kier alpha value is -1.79. The van der Waals surface area contributed by atoms with Gasteiger partial charge in [-0.1, -0.05) is 23.2 Å². The highest BCUT2D eigenvalue weighted by molar-refractivity contribution is 6.37. The second-order valence-electron chi connectivity index (χ2n) is 4.58. The Morgan fingerprint density at radius 1 is 1.33 bits per heavy atom. The first kappa shape index (κ1) is 15.6. The topological polar surface area (TPSA) is 86.7 Å². The summed E-state index contributed by atoms with van der Waals surface area (Å²) in [5.41, 5.74) is -0.223. The molecule has 0 spiro atoms. The highest BCUT2D eigenvalue weighted by Gasteiger charge is 2.24. The van der Waals surface area contributed by atoms with Gasteiger partial charge in [0.15, 0.2) is 0 Å². The normalized spacial score (nSPS) is 14.4. The fourth-order valence-electron chi connectivity index (χ4n) is 2.09. The number of carboxylic acids is 1. The highest BCUT2D eigenvalue weighted by Crippen LogP contribution is 2.30. The Bertz CT molecular complexity index is 618. The molecule has 1 aromatic carbocycles. The molecule has 1 saturated heterocycles. The van der Waals surface area contributed by atoms with Crippen molar-refractivity contribution in [1.29, 1.82) is 0 Å². The molecule has 0 saturated carbocycles. The SMILES string of the molecule is O=C(CN1CCCC1=O)Nc1c(Cl)cc(Cl)cc1C(=O)O. The number of carbonyl (C=O) groups excluding carboxylic acids is 2. The molecular weight excluding hydrogens is 319 g/mol. The van der Waals surface area contributed by atoms with Crippen LogP contribution in [0.3, 0.4) is 0 Å². The second kappa shape index (κ2) is 6.32. The number of anilines is 1. The number of aromatic carboxylic acids is 1. The molecule has 1 aliphatic heterocycles. The van der Waals surface area contributed by atoms with Crippen molar-refractivity contribution in [2.75, 3.05) is 18.4 Å². The number of nitrogens with one attached hydrogen (secondary N) is 1. The average molecular weight is 331 g/mol. The van der Waals surface area contributed by atoms with Crippen molar-refractivity contribution in [3.63, 3.8) is 0 Å². The van der Waals surface area contributed by atoms with Gasteiger partial charge >= 0.3 is 5.97 Å². The van der Waals surface area contributed by atoms with E-state index in [0.29, 0.717) is 19.4 Å². The Balaban J connectivity index is 2.17. The van der Waals surface area contributed by atoms with Gasteiger partial charge in [-0.15, -0.1) is 0 Å². The second-order valence-corrected chi connectivity index (χ2v) is 5.43. The molecule has 8 heteroatoms. The van der Waals surface area contributed by atoms with Gasteiger partial charge in [-0.05, 0) is 18.6 Å². The maximum Gasteiger partial charge on any atom is 0.337 e. The zero-order valence-electron chi connectivity index (χ0n) is 10.9. The number of hydrogen-bond donors (Lipinski definition) is 2. The molecule has 0 bridgehead atoms. The summed E-state index contributed by atoms with van der Waals surface area (Å²) < 4.78 is 0. The smallest absolute Gasteiger partial charge is 0.337 e. The number of benzene rings is 1. The van der Waals surface area contributed by atoms with E-state index in [2.05, 4.69) is 5.32 Å². The van der Waals surface area contributed by atoms with Crippen molar-refractivity contribution >= 4 is 46.7 Å². The van der Waals surface area contributed by atoms with Gasteiger partial charge in [0.05, 0.1) is 22.8 Å². The van der Waals surface area contributed by atoms with Crippen molar-refractivity contribution in [1.82, 2.24) is 4.90 Å². The van der Waals surface area contributed by atoms with Gasteiger partial charge in [-0.2, -0.15) is 0 Å². The lowest BCUT2D eigenvalue weighted by Gasteiger charge is -2.16. The maximum absolute atomic E-state index is 11.9. The monoisotopic (exact) mass is 330 g/mol. The van der Waals surface area contributed by atoms with Crippen LogP contribution in [0, 0.1) is 0 Å². The Morgan fingerprint density at radius 2 is 2.05 bits per heavy atom. The fraction of sp³-hybridized carbons (Fsp3) is 0.308. The Kier molecular flexibility index (Phi) is 4.69. The number of likely N-dealkylation sites (tertiary alicyclic amines) is 1. The van der Waals surface area contributed by atoms with Crippen LogP contribution in [0.15, 0.2) is 12.1 Å². The number of halogens is 2. The van der Waals surface area contributed by atoms with Crippen LogP contribution >= 0.6 is 23.2 Å². The van der Waals surface area contributed by atoms with Crippen molar-refractivity contribution in [3.05, 3.63) is 27.7 Å². The molecule has 21 heavy (non-hydrogen) atoms. The quantitative estimate of drug-likeness (QED) is 0.886. The third kappa shape index (κ3) is 3.65. The summed E-state index contributed by atoms with van der Waals surface area (Å²) in [6, 6.07) is 2.54. The molecule has 0 aromatic heterocycles. The summed E-state index contributed by atoms with van der Waals surface area (Å²) in [6.07, 6.45) is 1.14. The molecule has 0 radical (unpaired) electrons. The van der Waals surface area contributed by atoms with E-state index in [4.69, 9.17) is 28.3 Å². The van der Waals surface area contributed by atoms with E-state index in [9.17, 15) is 14.4 Å². The van der Waals surface area contributed by atoms with Crippen LogP contribution in [-0.4, -0.2) is 40.9 Å². The molecule has 2 rings (SSSR count). The van der Waals surface area contributed by atoms with E-state index < -0.39 is 11.9 Å². The van der Waals surface area contributed by atoms with Gasteiger partial charge in [0.25, 0.3) is 0 Å². The zero-order valence-corrected chi connectivity index (χ0v) is 12.4. The van der Waals surface area contributed by atoms with Crippen LogP contribution in [0.1, 0.15) is 23.2 Å². The van der Waals surface area contributed by atoms with E-state index in [1.165, 1.54) is 17.0 Å². The lowest BCUT2D eigenvalue weighted by molar-refractivity contribution is -0.131. The number of carboxylic acid groups (broad SMARTS) is 1. The van der Waals surface area contributed by atoms with Gasteiger partial charge in [0, 0.05) is 18.0 Å². The standard InChI is InChI=1S/C13H12Cl2N2O4/c14-7-4-8(13(20)21)12(9(15)5-7)16-10(18)6-17-3-1-2-11(17)19/h4-5H,1-3,6H2,(H,16,18)(H,20,21). The number of rotatable bonds is 4. The highest BCUT2D eigenvalue weighted by atomic mass is 35.5. The summed E-state index contributed by atoms with van der Waals surface area (Å²) in [6.45, 7) is 0.392. The van der Waals surface area contributed by atoms with E-state index >= 15 is 0 Å². The van der Waals surface area contributed by atoms with Gasteiger partial charge in [0.2, 0.25) is 11.8 Å². The summed E-state index contributed by atoms with van der Waals surface area (Å²) in [5, 5.41) is 11.7. The Morgan fingerprint density at radius 3 is 2.62 bits per heavy atom. The van der Waals surface area contributed by atoms with E-state index in [0.717, 1.165) is 0 Å². The Labute approximate surface area is 130 Å². The van der Waals surface area contributed by atoms with Crippen LogP contribution in [-0.2, 0) is 9.59 Å². The fourth-order valence-corrected chi connectivity index (χ4v) is 2.63. The number of amides is 2. The first-order chi connectivity index (χ1) is 9.88. The summed E-state index contributed by atoms with van der Waals surface area (Å²) in [4.78, 5) is 36.0. The molecule has 0 unspecified atom stereocenters. The van der Waals surface area contributed by atoms with Crippen LogP contribution in [0.4, 0.5) is 5.69 Å². The van der Waals surface area contributed by atoms with Crippen LogP contribution in [0.5, 0.6) is 0 Å². The van der Waals surface area contributed by atoms with Crippen LogP contribution in [0.25, 0.3) is 0 Å². The molecule has 1 heterocycles. The molecule has 2 N–H and O–H groups in total. The molecule has 0 atom stereocenters. The molecule has 1 aliphatic rings. The van der Waals surface area contributed by atoms with Crippen LogP contribution < -0.4 is 5.32 Å². The molecule has 6 nitrogen and oxygen atoms in total. The first-order valence-electron chi connectivity index (χ1n) is 6.18. The van der Waals surface area contributed by atoms with Crippen molar-refractivity contribution < 1.29 is 19.5 Å². The molecule has 112 valence electrons. The van der Waals surface area contributed by atoms with Gasteiger partial charge in [-0.25, -0.2) is 4.79 Å². The minimum Gasteiger partial charge on any atom is -0.478 e. The lowest BCUT2D eigenvalue weighted by atomic mass is 10.1. The van der Waals surface area contributed by atoms with Gasteiger partial charge in [0.1, 0.15) is 0 Å². The van der Waals surface area contributed by atoms with Gasteiger partial charge < -0.3 is 15.3 Å². The summed E-state index contributed by atoms with van der Waals surface area (Å²) in [5.74, 6) is -1.85. The summed E-state index contributed by atoms with van der Waals surface area (Å²) in [7, 11) is 0. The third-order valence-corrected chi connectivity index (χ3v) is 3.57. The molecule has 1 fully saturated rings. The van der Waals surface area contributed by atoms with E-state index in [1.54, 1.807) is 0 Å². The van der Waals surface area contributed by atoms with Crippen molar-refractivity contribution in [2.45, 2.75) is 12.8 Å². The predicted octanol–water partition coefficient (Wildman–Crippen LogP) is 2.25. The molecule has 2 amide bonds.